The summed E-state index contributed by atoms with van der Waals surface area (Å²) in [4.78, 5) is 18.2. The van der Waals surface area contributed by atoms with Crippen LogP contribution in [0.5, 0.6) is 0 Å². The molecule has 0 unspecified atom stereocenters. The Labute approximate surface area is 219 Å². The summed E-state index contributed by atoms with van der Waals surface area (Å²) >= 11 is 0. The van der Waals surface area contributed by atoms with Crippen LogP contribution in [0.1, 0.15) is 51.1 Å². The molecule has 202 valence electrons. The summed E-state index contributed by atoms with van der Waals surface area (Å²) in [5, 5.41) is 16.8. The molecule has 2 aromatic heterocycles. The van der Waals surface area contributed by atoms with Crippen molar-refractivity contribution in [3.05, 3.63) is 47.3 Å². The van der Waals surface area contributed by atoms with Gasteiger partial charge < -0.3 is 15.0 Å². The van der Waals surface area contributed by atoms with Crippen LogP contribution < -0.4 is 10.2 Å². The number of hydrogen-bond acceptors (Lipinski definition) is 6. The van der Waals surface area contributed by atoms with Gasteiger partial charge in [-0.25, -0.2) is 14.2 Å². The number of carbonyl (C=O) groups excluding carboxylic acids is 1. The highest BCUT2D eigenvalue weighted by atomic mass is 19.3. The predicted octanol–water partition coefficient (Wildman–Crippen LogP) is 5.38. The maximum absolute atomic E-state index is 14.3. The summed E-state index contributed by atoms with van der Waals surface area (Å²) in [5.41, 5.74) is 1.02. The lowest BCUT2D eigenvalue weighted by Crippen LogP contribution is -2.40. The van der Waals surface area contributed by atoms with E-state index < -0.39 is 30.1 Å². The van der Waals surface area contributed by atoms with E-state index in [1.165, 1.54) is 4.52 Å². The van der Waals surface area contributed by atoms with Gasteiger partial charge in [0.1, 0.15) is 23.1 Å². The first kappa shape index (κ1) is 27.2. The van der Waals surface area contributed by atoms with Crippen LogP contribution >= 0.6 is 0 Å². The van der Waals surface area contributed by atoms with Crippen molar-refractivity contribution in [3.8, 4) is 17.2 Å². The number of ether oxygens (including phenoxy) is 1. The lowest BCUT2D eigenvalue weighted by molar-refractivity contribution is -0.0362. The van der Waals surface area contributed by atoms with Gasteiger partial charge in [-0.05, 0) is 45.2 Å². The molecule has 11 heteroatoms. The molecule has 1 aromatic carbocycles. The van der Waals surface area contributed by atoms with Crippen molar-refractivity contribution in [2.45, 2.75) is 52.6 Å². The van der Waals surface area contributed by atoms with Gasteiger partial charge in [0.2, 0.25) is 5.82 Å². The topological polar surface area (TPSA) is 95.6 Å². The molecular formula is C27H31F3N6O2. The molecule has 1 aliphatic rings. The summed E-state index contributed by atoms with van der Waals surface area (Å²) in [6.07, 6.45) is 0.160. The number of benzene rings is 1. The molecule has 0 spiro atoms. The molecule has 1 N–H and O–H groups in total. The van der Waals surface area contributed by atoms with Crippen molar-refractivity contribution in [2.75, 3.05) is 31.2 Å². The minimum atomic E-state index is -3.90. The molecule has 4 rings (SSSR count). The average molecular weight is 529 g/mol. The number of alkyl halides is 3. The van der Waals surface area contributed by atoms with Gasteiger partial charge in [-0.15, -0.1) is 5.10 Å². The number of alkyl carbamates (subject to hydrolysis) is 1. The number of rotatable bonds is 6. The quantitative estimate of drug-likeness (QED) is 0.462. The van der Waals surface area contributed by atoms with E-state index in [-0.39, 0.29) is 16.6 Å². The molecule has 3 aromatic rings. The van der Waals surface area contributed by atoms with Crippen LogP contribution in [0.3, 0.4) is 0 Å². The van der Waals surface area contributed by atoms with Crippen molar-refractivity contribution >= 4 is 17.6 Å². The molecule has 38 heavy (non-hydrogen) atoms. The standard InChI is InChI=1S/C27H31F3N6O2/c1-17-19(13-31)21-33-23(27(29,30)14-28)34-36(21)22(20(17)18-9-7-6-8-10-18)35-12-11-26(5,16-35)15-32-24(37)38-25(2,3)4/h6-10H,11-12,14-16H2,1-5H3,(H,32,37)/t26-/m0/s1. The number of fused-ring (bicyclic) bond motifs is 1. The maximum atomic E-state index is 14.3. The number of nitrogens with one attached hydrogen (secondary N) is 1. The normalized spacial score (nSPS) is 18.0. The fourth-order valence-electron chi connectivity index (χ4n) is 4.73. The Morgan fingerprint density at radius 2 is 1.95 bits per heavy atom. The molecule has 1 aliphatic heterocycles. The smallest absolute Gasteiger partial charge is 0.407 e. The van der Waals surface area contributed by atoms with E-state index in [1.54, 1.807) is 27.7 Å². The van der Waals surface area contributed by atoms with Gasteiger partial charge in [-0.2, -0.15) is 18.6 Å². The van der Waals surface area contributed by atoms with Crippen molar-refractivity contribution in [2.24, 2.45) is 5.41 Å². The Balaban J connectivity index is 1.82. The first-order valence-corrected chi connectivity index (χ1v) is 12.3. The highest BCUT2D eigenvalue weighted by molar-refractivity contribution is 5.85. The van der Waals surface area contributed by atoms with E-state index >= 15 is 0 Å². The Morgan fingerprint density at radius 1 is 1.26 bits per heavy atom. The summed E-state index contributed by atoms with van der Waals surface area (Å²) in [6.45, 7) is 8.48. The number of aromatic nitrogens is 3. The van der Waals surface area contributed by atoms with Gasteiger partial charge in [0.25, 0.3) is 0 Å². The number of nitrogens with zero attached hydrogens (tertiary/aromatic N) is 5. The summed E-state index contributed by atoms with van der Waals surface area (Å²) in [5.74, 6) is -4.39. The minimum absolute atomic E-state index is 0.0525. The third-order valence-electron chi connectivity index (χ3n) is 6.59. The van der Waals surface area contributed by atoms with Gasteiger partial charge in [0, 0.05) is 30.6 Å². The van der Waals surface area contributed by atoms with E-state index in [0.717, 1.165) is 5.56 Å². The largest absolute Gasteiger partial charge is 0.444 e. The maximum Gasteiger partial charge on any atom is 0.407 e. The fraction of sp³-hybridized carbons (Fsp3) is 0.481. The zero-order valence-electron chi connectivity index (χ0n) is 22.1. The SMILES string of the molecule is Cc1c(-c2ccccc2)c(N2CC[C@@](C)(CNC(=O)OC(C)(C)C)C2)n2nc(C(F)(F)CF)nc2c1C#N. The van der Waals surface area contributed by atoms with Crippen molar-refractivity contribution < 1.29 is 22.7 Å². The van der Waals surface area contributed by atoms with Gasteiger partial charge >= 0.3 is 12.0 Å². The predicted molar refractivity (Wildman–Crippen MR) is 137 cm³/mol. The fourth-order valence-corrected chi connectivity index (χ4v) is 4.73. The molecule has 8 nitrogen and oxygen atoms in total. The number of pyridine rings is 1. The van der Waals surface area contributed by atoms with Crippen LogP contribution in [0.2, 0.25) is 0 Å². The molecule has 0 saturated carbocycles. The molecule has 3 heterocycles. The molecule has 0 bridgehead atoms. The Bertz CT molecular complexity index is 1390. The number of halogens is 3. The highest BCUT2D eigenvalue weighted by Crippen LogP contribution is 2.42. The first-order valence-electron chi connectivity index (χ1n) is 12.3. The van der Waals surface area contributed by atoms with Gasteiger partial charge in [0.05, 0.1) is 0 Å². The van der Waals surface area contributed by atoms with Crippen LogP contribution in [-0.2, 0) is 10.7 Å². The zero-order valence-corrected chi connectivity index (χ0v) is 22.1. The highest BCUT2D eigenvalue weighted by Gasteiger charge is 2.40. The second kappa shape index (κ2) is 9.82. The van der Waals surface area contributed by atoms with Crippen LogP contribution in [0.4, 0.5) is 23.8 Å². The number of anilines is 1. The van der Waals surface area contributed by atoms with Crippen LogP contribution in [0.25, 0.3) is 16.8 Å². The monoisotopic (exact) mass is 528 g/mol. The molecule has 0 aliphatic carbocycles. The van der Waals surface area contributed by atoms with Crippen LogP contribution in [-0.4, -0.2) is 52.6 Å². The molecule has 1 fully saturated rings. The molecular weight excluding hydrogens is 497 g/mol. The molecule has 1 atom stereocenters. The van der Waals surface area contributed by atoms with E-state index in [1.807, 2.05) is 42.2 Å². The van der Waals surface area contributed by atoms with Crippen molar-refractivity contribution in [3.63, 3.8) is 0 Å². The Morgan fingerprint density at radius 3 is 2.55 bits per heavy atom. The van der Waals surface area contributed by atoms with Gasteiger partial charge in [0.15, 0.2) is 12.3 Å². The molecule has 1 saturated heterocycles. The average Bonchev–Trinajstić information content (AvgIpc) is 3.47. The second-order valence-electron chi connectivity index (χ2n) is 11.0. The lowest BCUT2D eigenvalue weighted by atomic mass is 9.90. The third kappa shape index (κ3) is 5.26. The number of nitriles is 1. The minimum Gasteiger partial charge on any atom is -0.444 e. The van der Waals surface area contributed by atoms with Crippen LogP contribution in [0, 0.1) is 23.7 Å². The summed E-state index contributed by atoms with van der Waals surface area (Å²) in [6, 6.07) is 11.4. The number of amides is 1. The van der Waals surface area contributed by atoms with Crippen LogP contribution in [0.15, 0.2) is 30.3 Å². The van der Waals surface area contributed by atoms with Crippen molar-refractivity contribution in [1.29, 1.82) is 5.26 Å². The Hall–Kier alpha value is -3.81. The van der Waals surface area contributed by atoms with E-state index in [0.29, 0.717) is 43.0 Å². The number of hydrogen-bond donors (Lipinski definition) is 1. The molecule has 0 radical (unpaired) electrons. The van der Waals surface area contributed by atoms with Crippen molar-refractivity contribution in [1.82, 2.24) is 19.9 Å². The van der Waals surface area contributed by atoms with E-state index in [2.05, 4.69) is 21.5 Å². The number of carbonyl (C=O) groups is 1. The van der Waals surface area contributed by atoms with Gasteiger partial charge in [-0.3, -0.25) is 0 Å². The first-order chi connectivity index (χ1) is 17.8. The van der Waals surface area contributed by atoms with E-state index in [4.69, 9.17) is 4.74 Å². The second-order valence-corrected chi connectivity index (χ2v) is 11.0. The van der Waals surface area contributed by atoms with Gasteiger partial charge in [-0.1, -0.05) is 37.3 Å². The Kier molecular flexibility index (Phi) is 7.03. The third-order valence-corrected chi connectivity index (χ3v) is 6.59. The molecule has 1 amide bonds. The summed E-state index contributed by atoms with van der Waals surface area (Å²) < 4.78 is 48.5. The summed E-state index contributed by atoms with van der Waals surface area (Å²) in [7, 11) is 0. The lowest BCUT2D eigenvalue weighted by Gasteiger charge is -2.29. The van der Waals surface area contributed by atoms with E-state index in [9.17, 15) is 23.2 Å². The zero-order chi connectivity index (χ0) is 27.9.